The predicted octanol–water partition coefficient (Wildman–Crippen LogP) is 12.0. The van der Waals surface area contributed by atoms with E-state index in [4.69, 9.17) is 4.42 Å². The highest BCUT2D eigenvalue weighted by atomic mass is 16.3. The lowest BCUT2D eigenvalue weighted by Crippen LogP contribution is -1.92. The minimum Gasteiger partial charge on any atom is -0.455 e. The average Bonchev–Trinajstić information content (AvgIpc) is 3.46. The number of fused-ring (bicyclic) bond motifs is 6. The Morgan fingerprint density at radius 1 is 0.279 bits per heavy atom. The molecule has 0 radical (unpaired) electrons. The summed E-state index contributed by atoms with van der Waals surface area (Å²) in [5.74, 6) is 0. The normalized spacial score (nSPS) is 11.7. The molecule has 43 heavy (non-hydrogen) atoms. The van der Waals surface area contributed by atoms with Crippen LogP contribution in [0.4, 0.5) is 0 Å². The molecule has 1 heteroatoms. The van der Waals surface area contributed by atoms with Crippen molar-refractivity contribution >= 4 is 54.3 Å². The molecule has 0 aliphatic heterocycles. The molecular weight excluding hydrogens is 520 g/mol. The van der Waals surface area contributed by atoms with E-state index in [0.29, 0.717) is 0 Å². The first-order valence-electron chi connectivity index (χ1n) is 14.8. The lowest BCUT2D eigenvalue weighted by Gasteiger charge is -2.19. The Balaban J connectivity index is 1.37. The monoisotopic (exact) mass is 546 g/mol. The highest BCUT2D eigenvalue weighted by molar-refractivity contribution is 6.24. The van der Waals surface area contributed by atoms with Crippen LogP contribution in [0.25, 0.3) is 87.6 Å². The Morgan fingerprint density at radius 3 is 1.42 bits per heavy atom. The van der Waals surface area contributed by atoms with Gasteiger partial charge in [-0.15, -0.1) is 0 Å². The van der Waals surface area contributed by atoms with Gasteiger partial charge in [0.05, 0.1) is 0 Å². The van der Waals surface area contributed by atoms with Crippen molar-refractivity contribution in [2.24, 2.45) is 0 Å². The van der Waals surface area contributed by atoms with Crippen LogP contribution in [0.15, 0.2) is 162 Å². The van der Waals surface area contributed by atoms with Gasteiger partial charge in [-0.2, -0.15) is 0 Å². The Kier molecular flexibility index (Phi) is 5.27. The molecule has 0 N–H and O–H groups in total. The Labute approximate surface area is 249 Å². The number of hydrogen-bond acceptors (Lipinski definition) is 1. The Morgan fingerprint density at radius 2 is 0.744 bits per heavy atom. The van der Waals surface area contributed by atoms with Crippen LogP contribution < -0.4 is 0 Å². The third-order valence-electron chi connectivity index (χ3n) is 8.88. The van der Waals surface area contributed by atoms with Crippen molar-refractivity contribution in [2.45, 2.75) is 0 Å². The van der Waals surface area contributed by atoms with Crippen LogP contribution in [0, 0.1) is 0 Å². The molecule has 200 valence electrons. The van der Waals surface area contributed by atoms with Crippen molar-refractivity contribution in [1.29, 1.82) is 0 Å². The zero-order valence-corrected chi connectivity index (χ0v) is 23.4. The summed E-state index contributed by atoms with van der Waals surface area (Å²) >= 11 is 0. The second-order valence-electron chi connectivity index (χ2n) is 11.2. The van der Waals surface area contributed by atoms with Crippen molar-refractivity contribution in [2.75, 3.05) is 0 Å². The maximum atomic E-state index is 6.47. The predicted molar refractivity (Wildman–Crippen MR) is 183 cm³/mol. The van der Waals surface area contributed by atoms with Crippen LogP contribution in [0.1, 0.15) is 0 Å². The first-order chi connectivity index (χ1) is 21.4. The summed E-state index contributed by atoms with van der Waals surface area (Å²) in [4.78, 5) is 0. The molecule has 0 amide bonds. The molecule has 1 aromatic heterocycles. The number of rotatable bonds is 3. The minimum absolute atomic E-state index is 0.919. The Bertz CT molecular complexity index is 2440. The first kappa shape index (κ1) is 24.0. The van der Waals surface area contributed by atoms with Crippen LogP contribution >= 0.6 is 0 Å². The number of furan rings is 1. The van der Waals surface area contributed by atoms with E-state index < -0.39 is 0 Å². The molecule has 0 bridgehead atoms. The molecule has 0 aliphatic rings. The zero-order valence-electron chi connectivity index (χ0n) is 23.4. The van der Waals surface area contributed by atoms with Crippen LogP contribution in [0.3, 0.4) is 0 Å². The van der Waals surface area contributed by atoms with Crippen LogP contribution in [-0.4, -0.2) is 0 Å². The number of para-hydroxylation sites is 2. The molecule has 0 aliphatic carbocycles. The van der Waals surface area contributed by atoms with E-state index in [-0.39, 0.29) is 0 Å². The van der Waals surface area contributed by atoms with E-state index in [2.05, 4.69) is 152 Å². The standard InChI is InChI=1S/C42H26O/c1-2-13-27(14-3-1)40-33-16-4-6-18-35(33)41(36-19-7-5-17-34(36)40)32-23-11-20-28-29(32)21-10-22-30(28)37-24-12-25-38-31-15-8-9-26-39(31)43-42(37)38/h1-26H. The molecule has 0 saturated heterocycles. The van der Waals surface area contributed by atoms with E-state index >= 15 is 0 Å². The van der Waals surface area contributed by atoms with Gasteiger partial charge in [0.2, 0.25) is 0 Å². The van der Waals surface area contributed by atoms with Gasteiger partial charge in [0.15, 0.2) is 0 Å². The first-order valence-corrected chi connectivity index (χ1v) is 14.8. The maximum Gasteiger partial charge on any atom is 0.143 e. The van der Waals surface area contributed by atoms with Gasteiger partial charge in [0.25, 0.3) is 0 Å². The highest BCUT2D eigenvalue weighted by Gasteiger charge is 2.19. The Hall–Kier alpha value is -5.66. The molecule has 1 nitrogen and oxygen atoms in total. The molecule has 9 aromatic rings. The van der Waals surface area contributed by atoms with Gasteiger partial charge >= 0.3 is 0 Å². The molecular formula is C42H26O. The van der Waals surface area contributed by atoms with Gasteiger partial charge in [-0.1, -0.05) is 152 Å². The van der Waals surface area contributed by atoms with Gasteiger partial charge in [-0.3, -0.25) is 0 Å². The van der Waals surface area contributed by atoms with E-state index in [1.165, 1.54) is 60.1 Å². The fourth-order valence-corrected chi connectivity index (χ4v) is 7.06. The molecule has 1 heterocycles. The van der Waals surface area contributed by atoms with Gasteiger partial charge in [-0.25, -0.2) is 0 Å². The SMILES string of the molecule is c1ccc(-c2c3ccccc3c(-c3cccc4c(-c5cccc6c5oc5ccccc56)cccc34)c3ccccc23)cc1. The van der Waals surface area contributed by atoms with Crippen molar-refractivity contribution in [3.8, 4) is 33.4 Å². The third kappa shape index (κ3) is 3.58. The second kappa shape index (κ2) is 9.44. The van der Waals surface area contributed by atoms with Crippen molar-refractivity contribution in [3.05, 3.63) is 158 Å². The van der Waals surface area contributed by atoms with E-state index in [0.717, 1.165) is 27.5 Å². The summed E-state index contributed by atoms with van der Waals surface area (Å²) in [6.45, 7) is 0. The summed E-state index contributed by atoms with van der Waals surface area (Å²) < 4.78 is 6.47. The summed E-state index contributed by atoms with van der Waals surface area (Å²) in [6, 6.07) is 56.7. The summed E-state index contributed by atoms with van der Waals surface area (Å²) in [5.41, 5.74) is 9.18. The molecule has 8 aromatic carbocycles. The summed E-state index contributed by atoms with van der Waals surface area (Å²) in [5, 5.41) is 9.80. The average molecular weight is 547 g/mol. The summed E-state index contributed by atoms with van der Waals surface area (Å²) in [7, 11) is 0. The second-order valence-corrected chi connectivity index (χ2v) is 11.2. The van der Waals surface area contributed by atoms with E-state index in [1.54, 1.807) is 0 Å². The molecule has 0 spiro atoms. The van der Waals surface area contributed by atoms with Crippen LogP contribution in [-0.2, 0) is 0 Å². The molecule has 0 atom stereocenters. The fourth-order valence-electron chi connectivity index (χ4n) is 7.06. The number of benzene rings is 8. The lowest BCUT2D eigenvalue weighted by atomic mass is 9.84. The smallest absolute Gasteiger partial charge is 0.143 e. The largest absolute Gasteiger partial charge is 0.455 e. The quantitative estimate of drug-likeness (QED) is 0.201. The molecule has 9 rings (SSSR count). The van der Waals surface area contributed by atoms with Gasteiger partial charge in [0, 0.05) is 16.3 Å². The summed E-state index contributed by atoms with van der Waals surface area (Å²) in [6.07, 6.45) is 0. The van der Waals surface area contributed by atoms with Crippen molar-refractivity contribution < 1.29 is 4.42 Å². The third-order valence-corrected chi connectivity index (χ3v) is 8.88. The van der Waals surface area contributed by atoms with Gasteiger partial charge in [0.1, 0.15) is 11.2 Å². The maximum absolute atomic E-state index is 6.47. The topological polar surface area (TPSA) is 13.1 Å². The van der Waals surface area contributed by atoms with Crippen molar-refractivity contribution in [1.82, 2.24) is 0 Å². The fraction of sp³-hybridized carbons (Fsp3) is 0. The van der Waals surface area contributed by atoms with E-state index in [1.807, 2.05) is 6.07 Å². The number of hydrogen-bond donors (Lipinski definition) is 0. The molecule has 0 unspecified atom stereocenters. The van der Waals surface area contributed by atoms with Crippen LogP contribution in [0.5, 0.6) is 0 Å². The van der Waals surface area contributed by atoms with Gasteiger partial charge < -0.3 is 4.42 Å². The molecule has 0 saturated carbocycles. The van der Waals surface area contributed by atoms with Crippen LogP contribution in [0.2, 0.25) is 0 Å². The van der Waals surface area contributed by atoms with E-state index in [9.17, 15) is 0 Å². The van der Waals surface area contributed by atoms with Crippen molar-refractivity contribution in [3.63, 3.8) is 0 Å². The minimum atomic E-state index is 0.919. The zero-order chi connectivity index (χ0) is 28.3. The molecule has 0 fully saturated rings. The highest BCUT2D eigenvalue weighted by Crippen LogP contribution is 2.46. The lowest BCUT2D eigenvalue weighted by molar-refractivity contribution is 0.670. The van der Waals surface area contributed by atoms with Gasteiger partial charge in [-0.05, 0) is 66.2 Å².